The SMILES string of the molecule is C(=C(c1ccccc1)c1ccccc1)c1ccccc1.OCCO. The van der Waals surface area contributed by atoms with E-state index in [0.717, 1.165) is 0 Å². The van der Waals surface area contributed by atoms with Gasteiger partial charge in [-0.1, -0.05) is 91.0 Å². The number of rotatable bonds is 4. The summed E-state index contributed by atoms with van der Waals surface area (Å²) in [5.41, 5.74) is 4.94. The maximum atomic E-state index is 7.62. The molecule has 2 N–H and O–H groups in total. The van der Waals surface area contributed by atoms with Gasteiger partial charge >= 0.3 is 0 Å². The van der Waals surface area contributed by atoms with E-state index in [-0.39, 0.29) is 13.2 Å². The summed E-state index contributed by atoms with van der Waals surface area (Å²) in [5, 5.41) is 15.2. The van der Waals surface area contributed by atoms with E-state index in [9.17, 15) is 0 Å². The summed E-state index contributed by atoms with van der Waals surface area (Å²) in [6, 6.07) is 31.5. The Morgan fingerprint density at radius 3 is 1.33 bits per heavy atom. The summed E-state index contributed by atoms with van der Waals surface area (Å²) >= 11 is 0. The highest BCUT2D eigenvalue weighted by molar-refractivity contribution is 5.91. The van der Waals surface area contributed by atoms with Crippen LogP contribution < -0.4 is 0 Å². The van der Waals surface area contributed by atoms with E-state index < -0.39 is 0 Å². The zero-order chi connectivity index (χ0) is 17.0. The predicted molar refractivity (Wildman–Crippen MR) is 100 cm³/mol. The Morgan fingerprint density at radius 2 is 0.958 bits per heavy atom. The zero-order valence-corrected chi connectivity index (χ0v) is 13.5. The van der Waals surface area contributed by atoms with Crippen molar-refractivity contribution in [3.63, 3.8) is 0 Å². The highest BCUT2D eigenvalue weighted by Crippen LogP contribution is 2.25. The number of aliphatic hydroxyl groups is 2. The molecule has 0 aromatic heterocycles. The number of aliphatic hydroxyl groups excluding tert-OH is 2. The first-order valence-corrected chi connectivity index (χ1v) is 7.94. The van der Waals surface area contributed by atoms with Gasteiger partial charge in [-0.05, 0) is 28.3 Å². The third-order valence-corrected chi connectivity index (χ3v) is 3.38. The lowest BCUT2D eigenvalue weighted by molar-refractivity contribution is 0.186. The van der Waals surface area contributed by atoms with Crippen LogP contribution in [0.15, 0.2) is 91.0 Å². The third kappa shape index (κ3) is 5.51. The standard InChI is InChI=1S/C20H16.C2H6O2/c1-4-10-17(11-5-1)16-20(18-12-6-2-7-13-18)19-14-8-3-9-15-19;3-1-2-4/h1-16H;3-4H,1-2H2. The summed E-state index contributed by atoms with van der Waals surface area (Å²) in [5.74, 6) is 0. The second-order valence-corrected chi connectivity index (χ2v) is 5.15. The topological polar surface area (TPSA) is 40.5 Å². The molecule has 0 amide bonds. The Labute approximate surface area is 143 Å². The van der Waals surface area contributed by atoms with Gasteiger partial charge in [0.15, 0.2) is 0 Å². The Hall–Kier alpha value is -2.68. The highest BCUT2D eigenvalue weighted by Gasteiger charge is 2.04. The van der Waals surface area contributed by atoms with Crippen molar-refractivity contribution in [3.05, 3.63) is 108 Å². The molecule has 3 aromatic rings. The molecule has 122 valence electrons. The molecule has 0 spiro atoms. The fourth-order valence-electron chi connectivity index (χ4n) is 2.28. The van der Waals surface area contributed by atoms with Gasteiger partial charge in [0.1, 0.15) is 0 Å². The van der Waals surface area contributed by atoms with Gasteiger partial charge in [-0.15, -0.1) is 0 Å². The van der Waals surface area contributed by atoms with Crippen LogP contribution in [-0.4, -0.2) is 23.4 Å². The van der Waals surface area contributed by atoms with E-state index in [1.54, 1.807) is 0 Å². The maximum Gasteiger partial charge on any atom is 0.0662 e. The van der Waals surface area contributed by atoms with Gasteiger partial charge in [-0.2, -0.15) is 0 Å². The van der Waals surface area contributed by atoms with Crippen LogP contribution in [0.4, 0.5) is 0 Å². The smallest absolute Gasteiger partial charge is 0.0662 e. The van der Waals surface area contributed by atoms with Gasteiger partial charge in [0.25, 0.3) is 0 Å². The second-order valence-electron chi connectivity index (χ2n) is 5.15. The van der Waals surface area contributed by atoms with Crippen LogP contribution in [0.1, 0.15) is 16.7 Å². The van der Waals surface area contributed by atoms with E-state index in [2.05, 4.69) is 91.0 Å². The van der Waals surface area contributed by atoms with E-state index in [1.807, 2.05) is 6.07 Å². The average Bonchev–Trinajstić information content (AvgIpc) is 2.68. The molecular weight excluding hydrogens is 296 g/mol. The summed E-state index contributed by atoms with van der Waals surface area (Å²) in [4.78, 5) is 0. The Kier molecular flexibility index (Phi) is 7.48. The van der Waals surface area contributed by atoms with Crippen LogP contribution in [0.5, 0.6) is 0 Å². The predicted octanol–water partition coefficient (Wildman–Crippen LogP) is 4.25. The Bertz CT molecular complexity index is 676. The van der Waals surface area contributed by atoms with Crippen molar-refractivity contribution in [2.24, 2.45) is 0 Å². The molecule has 0 unspecified atom stereocenters. The molecule has 0 heterocycles. The highest BCUT2D eigenvalue weighted by atomic mass is 16.3. The minimum atomic E-state index is -0.125. The fourth-order valence-corrected chi connectivity index (χ4v) is 2.28. The molecule has 2 heteroatoms. The molecular formula is C22H22O2. The molecule has 3 rings (SSSR count). The summed E-state index contributed by atoms with van der Waals surface area (Å²) < 4.78 is 0. The van der Waals surface area contributed by atoms with E-state index in [4.69, 9.17) is 10.2 Å². The van der Waals surface area contributed by atoms with Gasteiger partial charge in [0.05, 0.1) is 13.2 Å². The molecule has 0 radical (unpaired) electrons. The van der Waals surface area contributed by atoms with Crippen LogP contribution >= 0.6 is 0 Å². The molecule has 0 aliphatic carbocycles. The average molecular weight is 318 g/mol. The first-order chi connectivity index (χ1) is 11.8. The first kappa shape index (κ1) is 17.7. The Balaban J connectivity index is 0.000000471. The summed E-state index contributed by atoms with van der Waals surface area (Å²) in [6.45, 7) is -0.250. The molecule has 0 atom stereocenters. The normalized spacial score (nSPS) is 9.58. The van der Waals surface area contributed by atoms with Crippen molar-refractivity contribution >= 4 is 11.6 Å². The van der Waals surface area contributed by atoms with Gasteiger partial charge in [0, 0.05) is 0 Å². The largest absolute Gasteiger partial charge is 0.394 e. The molecule has 2 nitrogen and oxygen atoms in total. The molecule has 0 saturated carbocycles. The summed E-state index contributed by atoms with van der Waals surface area (Å²) in [6.07, 6.45) is 2.24. The molecule has 0 fully saturated rings. The summed E-state index contributed by atoms with van der Waals surface area (Å²) in [7, 11) is 0. The zero-order valence-electron chi connectivity index (χ0n) is 13.5. The fraction of sp³-hybridized carbons (Fsp3) is 0.0909. The third-order valence-electron chi connectivity index (χ3n) is 3.38. The molecule has 0 aliphatic rings. The van der Waals surface area contributed by atoms with Crippen molar-refractivity contribution in [1.82, 2.24) is 0 Å². The van der Waals surface area contributed by atoms with Crippen LogP contribution in [0, 0.1) is 0 Å². The van der Waals surface area contributed by atoms with Crippen molar-refractivity contribution in [2.45, 2.75) is 0 Å². The maximum absolute atomic E-state index is 7.62. The second kappa shape index (κ2) is 10.2. The lowest BCUT2D eigenvalue weighted by atomic mass is 9.96. The number of benzene rings is 3. The first-order valence-electron chi connectivity index (χ1n) is 7.94. The van der Waals surface area contributed by atoms with Gasteiger partial charge < -0.3 is 10.2 Å². The van der Waals surface area contributed by atoms with Crippen LogP contribution in [0.3, 0.4) is 0 Å². The molecule has 0 aliphatic heterocycles. The van der Waals surface area contributed by atoms with Crippen LogP contribution in [0.25, 0.3) is 11.6 Å². The molecule has 24 heavy (non-hydrogen) atoms. The van der Waals surface area contributed by atoms with Crippen molar-refractivity contribution in [1.29, 1.82) is 0 Å². The van der Waals surface area contributed by atoms with Crippen molar-refractivity contribution < 1.29 is 10.2 Å². The monoisotopic (exact) mass is 318 g/mol. The van der Waals surface area contributed by atoms with Crippen LogP contribution in [0.2, 0.25) is 0 Å². The van der Waals surface area contributed by atoms with Gasteiger partial charge in [0.2, 0.25) is 0 Å². The quantitative estimate of drug-likeness (QED) is 0.706. The van der Waals surface area contributed by atoms with E-state index >= 15 is 0 Å². The van der Waals surface area contributed by atoms with E-state index in [1.165, 1.54) is 22.3 Å². The molecule has 0 saturated heterocycles. The molecule has 0 bridgehead atoms. The van der Waals surface area contributed by atoms with Crippen LogP contribution in [-0.2, 0) is 0 Å². The lowest BCUT2D eigenvalue weighted by Gasteiger charge is -2.08. The van der Waals surface area contributed by atoms with Gasteiger partial charge in [-0.25, -0.2) is 0 Å². The van der Waals surface area contributed by atoms with Crippen molar-refractivity contribution in [2.75, 3.05) is 13.2 Å². The number of hydrogen-bond acceptors (Lipinski definition) is 2. The van der Waals surface area contributed by atoms with Crippen molar-refractivity contribution in [3.8, 4) is 0 Å². The minimum absolute atomic E-state index is 0.125. The van der Waals surface area contributed by atoms with Gasteiger partial charge in [-0.3, -0.25) is 0 Å². The van der Waals surface area contributed by atoms with E-state index in [0.29, 0.717) is 0 Å². The molecule has 3 aromatic carbocycles. The minimum Gasteiger partial charge on any atom is -0.394 e. The number of hydrogen-bond donors (Lipinski definition) is 2. The lowest BCUT2D eigenvalue weighted by Crippen LogP contribution is -1.87. The Morgan fingerprint density at radius 1 is 0.583 bits per heavy atom.